The standard InChI is InChI=1S/C8H17N/c1-4-6-8(3)9-7-5-2/h5,8-9H,2,4,6-7H2,1,3H3. The first-order valence-corrected chi connectivity index (χ1v) is 3.65. The molecular weight excluding hydrogens is 110 g/mol. The van der Waals surface area contributed by atoms with Gasteiger partial charge in [-0.15, -0.1) is 6.58 Å². The zero-order chi connectivity index (χ0) is 7.11. The van der Waals surface area contributed by atoms with Crippen LogP contribution in [0.25, 0.3) is 0 Å². The van der Waals surface area contributed by atoms with Gasteiger partial charge < -0.3 is 5.32 Å². The maximum atomic E-state index is 3.63. The first-order valence-electron chi connectivity index (χ1n) is 3.65. The van der Waals surface area contributed by atoms with Crippen LogP contribution in [0.2, 0.25) is 0 Å². The monoisotopic (exact) mass is 127 g/mol. The normalized spacial score (nSPS) is 13.1. The summed E-state index contributed by atoms with van der Waals surface area (Å²) < 4.78 is 0. The Balaban J connectivity index is 3.04. The molecule has 0 spiro atoms. The van der Waals surface area contributed by atoms with Crippen molar-refractivity contribution >= 4 is 0 Å². The highest BCUT2D eigenvalue weighted by atomic mass is 14.9. The van der Waals surface area contributed by atoms with Gasteiger partial charge in [0.25, 0.3) is 0 Å². The van der Waals surface area contributed by atoms with Crippen molar-refractivity contribution in [1.29, 1.82) is 0 Å². The van der Waals surface area contributed by atoms with Crippen molar-refractivity contribution in [2.75, 3.05) is 6.54 Å². The van der Waals surface area contributed by atoms with Gasteiger partial charge in [0.05, 0.1) is 0 Å². The molecule has 0 saturated heterocycles. The summed E-state index contributed by atoms with van der Waals surface area (Å²) in [5.74, 6) is 0. The topological polar surface area (TPSA) is 12.0 Å². The van der Waals surface area contributed by atoms with Gasteiger partial charge in [-0.3, -0.25) is 0 Å². The van der Waals surface area contributed by atoms with Crippen LogP contribution in [0.3, 0.4) is 0 Å². The average molecular weight is 127 g/mol. The van der Waals surface area contributed by atoms with Crippen LogP contribution in [0.1, 0.15) is 26.7 Å². The minimum Gasteiger partial charge on any atom is -0.311 e. The van der Waals surface area contributed by atoms with E-state index >= 15 is 0 Å². The Morgan fingerprint density at radius 3 is 2.78 bits per heavy atom. The van der Waals surface area contributed by atoms with E-state index in [2.05, 4.69) is 25.7 Å². The van der Waals surface area contributed by atoms with E-state index in [-0.39, 0.29) is 0 Å². The second-order valence-electron chi connectivity index (χ2n) is 2.39. The Morgan fingerprint density at radius 1 is 1.67 bits per heavy atom. The molecule has 54 valence electrons. The minimum absolute atomic E-state index is 0.646. The molecule has 1 N–H and O–H groups in total. The minimum atomic E-state index is 0.646. The lowest BCUT2D eigenvalue weighted by Crippen LogP contribution is -2.25. The molecule has 1 nitrogen and oxygen atoms in total. The summed E-state index contributed by atoms with van der Waals surface area (Å²) in [6, 6.07) is 0.646. The SMILES string of the molecule is C=CCNC(C)CCC. The molecule has 0 saturated carbocycles. The van der Waals surface area contributed by atoms with Crippen molar-refractivity contribution in [3.05, 3.63) is 12.7 Å². The van der Waals surface area contributed by atoms with Crippen molar-refractivity contribution in [3.63, 3.8) is 0 Å². The van der Waals surface area contributed by atoms with Crippen molar-refractivity contribution in [2.24, 2.45) is 0 Å². The van der Waals surface area contributed by atoms with E-state index in [1.54, 1.807) is 0 Å². The Labute approximate surface area is 58.2 Å². The number of rotatable bonds is 5. The van der Waals surface area contributed by atoms with Gasteiger partial charge in [0.2, 0.25) is 0 Å². The molecule has 0 aliphatic heterocycles. The maximum absolute atomic E-state index is 3.63. The highest BCUT2D eigenvalue weighted by Gasteiger charge is 1.94. The molecule has 1 atom stereocenters. The summed E-state index contributed by atoms with van der Waals surface area (Å²) in [5.41, 5.74) is 0. The fraction of sp³-hybridized carbons (Fsp3) is 0.750. The summed E-state index contributed by atoms with van der Waals surface area (Å²) in [5, 5.41) is 3.32. The second-order valence-corrected chi connectivity index (χ2v) is 2.39. The summed E-state index contributed by atoms with van der Waals surface area (Å²) in [7, 11) is 0. The van der Waals surface area contributed by atoms with Gasteiger partial charge in [-0.2, -0.15) is 0 Å². The lowest BCUT2D eigenvalue weighted by atomic mass is 10.2. The van der Waals surface area contributed by atoms with Gasteiger partial charge in [-0.25, -0.2) is 0 Å². The van der Waals surface area contributed by atoms with Crippen LogP contribution in [0.5, 0.6) is 0 Å². The Morgan fingerprint density at radius 2 is 2.33 bits per heavy atom. The average Bonchev–Trinajstić information content (AvgIpc) is 1.85. The molecule has 9 heavy (non-hydrogen) atoms. The molecule has 0 fully saturated rings. The molecule has 0 aromatic rings. The Kier molecular flexibility index (Phi) is 5.64. The quantitative estimate of drug-likeness (QED) is 0.557. The molecule has 0 aliphatic carbocycles. The van der Waals surface area contributed by atoms with Crippen molar-refractivity contribution < 1.29 is 0 Å². The van der Waals surface area contributed by atoms with Gasteiger partial charge in [0.1, 0.15) is 0 Å². The molecule has 1 unspecified atom stereocenters. The molecule has 0 radical (unpaired) electrons. The van der Waals surface area contributed by atoms with Gasteiger partial charge in [0.15, 0.2) is 0 Å². The van der Waals surface area contributed by atoms with Gasteiger partial charge in [0, 0.05) is 12.6 Å². The van der Waals surface area contributed by atoms with Gasteiger partial charge >= 0.3 is 0 Å². The van der Waals surface area contributed by atoms with E-state index in [4.69, 9.17) is 0 Å². The fourth-order valence-corrected chi connectivity index (χ4v) is 0.820. The zero-order valence-corrected chi connectivity index (χ0v) is 6.48. The molecule has 0 heterocycles. The third-order valence-electron chi connectivity index (χ3n) is 1.33. The third kappa shape index (κ3) is 5.57. The largest absolute Gasteiger partial charge is 0.311 e. The predicted molar refractivity (Wildman–Crippen MR) is 42.6 cm³/mol. The maximum Gasteiger partial charge on any atom is 0.0134 e. The molecule has 0 aromatic carbocycles. The molecule has 0 bridgehead atoms. The lowest BCUT2D eigenvalue weighted by Gasteiger charge is -2.09. The van der Waals surface area contributed by atoms with Crippen molar-refractivity contribution in [2.45, 2.75) is 32.7 Å². The Hall–Kier alpha value is -0.300. The molecule has 0 rings (SSSR count). The number of nitrogens with one attached hydrogen (secondary N) is 1. The van der Waals surface area contributed by atoms with Crippen LogP contribution >= 0.6 is 0 Å². The first-order chi connectivity index (χ1) is 4.31. The lowest BCUT2D eigenvalue weighted by molar-refractivity contribution is 0.536. The molecule has 0 aliphatic rings. The zero-order valence-electron chi connectivity index (χ0n) is 6.48. The van der Waals surface area contributed by atoms with Crippen LogP contribution in [0.4, 0.5) is 0 Å². The predicted octanol–water partition coefficient (Wildman–Crippen LogP) is 1.95. The third-order valence-corrected chi connectivity index (χ3v) is 1.33. The van der Waals surface area contributed by atoms with E-state index in [1.165, 1.54) is 12.8 Å². The van der Waals surface area contributed by atoms with E-state index in [0.29, 0.717) is 6.04 Å². The molecular formula is C8H17N. The van der Waals surface area contributed by atoms with Crippen LogP contribution in [-0.4, -0.2) is 12.6 Å². The van der Waals surface area contributed by atoms with Crippen LogP contribution in [-0.2, 0) is 0 Å². The molecule has 0 aromatic heterocycles. The summed E-state index contributed by atoms with van der Waals surface area (Å²) in [6.07, 6.45) is 4.41. The number of hydrogen-bond acceptors (Lipinski definition) is 1. The molecule has 0 amide bonds. The van der Waals surface area contributed by atoms with E-state index in [9.17, 15) is 0 Å². The number of hydrogen-bond donors (Lipinski definition) is 1. The van der Waals surface area contributed by atoms with Crippen LogP contribution in [0.15, 0.2) is 12.7 Å². The van der Waals surface area contributed by atoms with E-state index in [1.807, 2.05) is 6.08 Å². The van der Waals surface area contributed by atoms with E-state index < -0.39 is 0 Å². The van der Waals surface area contributed by atoms with Gasteiger partial charge in [-0.1, -0.05) is 19.4 Å². The summed E-state index contributed by atoms with van der Waals surface area (Å²) in [6.45, 7) is 8.96. The van der Waals surface area contributed by atoms with Gasteiger partial charge in [-0.05, 0) is 13.3 Å². The van der Waals surface area contributed by atoms with Crippen LogP contribution in [0, 0.1) is 0 Å². The van der Waals surface area contributed by atoms with Crippen molar-refractivity contribution in [3.8, 4) is 0 Å². The molecule has 1 heteroatoms. The summed E-state index contributed by atoms with van der Waals surface area (Å²) in [4.78, 5) is 0. The highest BCUT2D eigenvalue weighted by Crippen LogP contribution is 1.93. The second kappa shape index (κ2) is 5.83. The first kappa shape index (κ1) is 8.70. The van der Waals surface area contributed by atoms with Crippen LogP contribution < -0.4 is 5.32 Å². The Bertz CT molecular complexity index is 69.0. The van der Waals surface area contributed by atoms with Crippen molar-refractivity contribution in [1.82, 2.24) is 5.32 Å². The summed E-state index contributed by atoms with van der Waals surface area (Å²) >= 11 is 0. The fourth-order valence-electron chi connectivity index (χ4n) is 0.820. The smallest absolute Gasteiger partial charge is 0.0134 e. The van der Waals surface area contributed by atoms with E-state index in [0.717, 1.165) is 6.54 Å². The highest BCUT2D eigenvalue weighted by molar-refractivity contribution is 4.72.